The molecule has 1 aromatic heterocycles. The Morgan fingerprint density at radius 1 is 1.19 bits per heavy atom. The Labute approximate surface area is 184 Å². The molecular weight excluding hydrogens is 423 g/mol. The number of aryl methyl sites for hydroxylation is 1. The molecule has 0 unspecified atom stereocenters. The maximum Gasteiger partial charge on any atom is 0.416 e. The van der Waals surface area contributed by atoms with Crippen molar-refractivity contribution < 1.29 is 27.8 Å². The van der Waals surface area contributed by atoms with Crippen molar-refractivity contribution >= 4 is 22.7 Å². The van der Waals surface area contributed by atoms with E-state index in [2.05, 4.69) is 4.98 Å². The minimum atomic E-state index is -4.44. The molecule has 6 nitrogen and oxygen atoms in total. The minimum Gasteiger partial charge on any atom is -0.478 e. The summed E-state index contributed by atoms with van der Waals surface area (Å²) < 4.78 is 47.2. The Morgan fingerprint density at radius 2 is 1.88 bits per heavy atom. The van der Waals surface area contributed by atoms with Gasteiger partial charge in [0.25, 0.3) is 0 Å². The van der Waals surface area contributed by atoms with Crippen LogP contribution in [0.5, 0.6) is 0 Å². The maximum atomic E-state index is 13.3. The number of morpholine rings is 1. The van der Waals surface area contributed by atoms with Crippen LogP contribution in [-0.2, 0) is 17.5 Å². The highest BCUT2D eigenvalue weighted by molar-refractivity contribution is 6.03. The quantitative estimate of drug-likeness (QED) is 0.614. The zero-order chi connectivity index (χ0) is 22.3. The fourth-order valence-corrected chi connectivity index (χ4v) is 4.02. The third-order valence-corrected chi connectivity index (χ3v) is 5.72. The highest BCUT2D eigenvalue weighted by atomic mass is 19.4. The van der Waals surface area contributed by atoms with Gasteiger partial charge in [-0.05, 0) is 43.2 Å². The Bertz CT molecular complexity index is 1150. The van der Waals surface area contributed by atoms with Crippen molar-refractivity contribution in [3.05, 3.63) is 58.4 Å². The normalized spacial score (nSPS) is 14.5. The van der Waals surface area contributed by atoms with Gasteiger partial charge >= 0.3 is 12.1 Å². The van der Waals surface area contributed by atoms with Crippen molar-refractivity contribution in [1.82, 2.24) is 9.55 Å². The van der Waals surface area contributed by atoms with Crippen LogP contribution in [-0.4, -0.2) is 46.9 Å². The average Bonchev–Trinajstić information content (AvgIpc) is 3.03. The predicted molar refractivity (Wildman–Crippen MR) is 116 cm³/mol. The standard InChI is InChI=1S/C22H22F3N3O3.CH4/c1-13-15(4-3-5-18(13)22(23,24)25)12-28-14(2)26-20-17(21(29)30)10-16(11-19(20)28)27-6-8-31-9-7-27;/h3-5,10-11H,6-9,12H2,1-2H3,(H,29,30);1H4. The third kappa shape index (κ3) is 4.29. The summed E-state index contributed by atoms with van der Waals surface area (Å²) >= 11 is 0. The summed E-state index contributed by atoms with van der Waals surface area (Å²) in [4.78, 5) is 18.4. The Morgan fingerprint density at radius 3 is 2.50 bits per heavy atom. The number of rotatable bonds is 4. The minimum absolute atomic E-state index is 0. The lowest BCUT2D eigenvalue weighted by atomic mass is 10.0. The highest BCUT2D eigenvalue weighted by Crippen LogP contribution is 2.34. The van der Waals surface area contributed by atoms with Gasteiger partial charge in [-0.2, -0.15) is 13.2 Å². The number of anilines is 1. The number of carboxylic acid groups (broad SMARTS) is 1. The molecule has 1 N–H and O–H groups in total. The molecule has 1 fully saturated rings. The van der Waals surface area contributed by atoms with Crippen LogP contribution >= 0.6 is 0 Å². The van der Waals surface area contributed by atoms with Crippen LogP contribution < -0.4 is 4.90 Å². The monoisotopic (exact) mass is 449 g/mol. The molecule has 32 heavy (non-hydrogen) atoms. The fourth-order valence-electron chi connectivity index (χ4n) is 4.02. The van der Waals surface area contributed by atoms with Crippen LogP contribution in [0.25, 0.3) is 11.0 Å². The Kier molecular flexibility index (Phi) is 6.50. The number of fused-ring (bicyclic) bond motifs is 1. The van der Waals surface area contributed by atoms with E-state index in [9.17, 15) is 23.1 Å². The molecule has 9 heteroatoms. The topological polar surface area (TPSA) is 67.6 Å². The third-order valence-electron chi connectivity index (χ3n) is 5.72. The molecule has 1 saturated heterocycles. The summed E-state index contributed by atoms with van der Waals surface area (Å²) in [6.07, 6.45) is -4.44. The van der Waals surface area contributed by atoms with Crippen LogP contribution in [0, 0.1) is 13.8 Å². The van der Waals surface area contributed by atoms with Gasteiger partial charge in [0.15, 0.2) is 0 Å². The number of hydrogen-bond acceptors (Lipinski definition) is 4. The second kappa shape index (κ2) is 8.82. The van der Waals surface area contributed by atoms with Gasteiger partial charge in [0.2, 0.25) is 0 Å². The number of carbonyl (C=O) groups is 1. The first-order chi connectivity index (χ1) is 14.7. The number of benzene rings is 2. The van der Waals surface area contributed by atoms with Gasteiger partial charge in [-0.3, -0.25) is 0 Å². The molecule has 0 radical (unpaired) electrons. The zero-order valence-corrected chi connectivity index (χ0v) is 17.2. The van der Waals surface area contributed by atoms with E-state index in [1.807, 2.05) is 11.0 Å². The first kappa shape index (κ1) is 23.6. The first-order valence-electron chi connectivity index (χ1n) is 9.89. The molecule has 0 spiro atoms. The summed E-state index contributed by atoms with van der Waals surface area (Å²) in [5.41, 5.74) is 1.69. The largest absolute Gasteiger partial charge is 0.478 e. The van der Waals surface area contributed by atoms with Crippen molar-refractivity contribution in [3.8, 4) is 0 Å². The summed E-state index contributed by atoms with van der Waals surface area (Å²) in [5.74, 6) is -0.562. The number of halogens is 3. The van der Waals surface area contributed by atoms with E-state index in [0.717, 1.165) is 11.8 Å². The number of alkyl halides is 3. The number of carboxylic acids is 1. The number of aromatic nitrogens is 2. The van der Waals surface area contributed by atoms with E-state index in [1.165, 1.54) is 13.0 Å². The zero-order valence-electron chi connectivity index (χ0n) is 17.2. The number of hydrogen-bond donors (Lipinski definition) is 1. The van der Waals surface area contributed by atoms with Crippen molar-refractivity contribution in [1.29, 1.82) is 0 Å². The molecule has 172 valence electrons. The Balaban J connectivity index is 0.00000289. The lowest BCUT2D eigenvalue weighted by Gasteiger charge is -2.29. The maximum absolute atomic E-state index is 13.3. The summed E-state index contributed by atoms with van der Waals surface area (Å²) in [6.45, 7) is 5.68. The van der Waals surface area contributed by atoms with Gasteiger partial charge in [-0.1, -0.05) is 19.6 Å². The average molecular weight is 449 g/mol. The second-order valence-corrected chi connectivity index (χ2v) is 7.60. The Hall–Kier alpha value is -3.07. The van der Waals surface area contributed by atoms with Crippen LogP contribution in [0.15, 0.2) is 30.3 Å². The molecule has 4 rings (SSSR count). The molecule has 1 aliphatic heterocycles. The first-order valence-corrected chi connectivity index (χ1v) is 9.89. The molecule has 0 bridgehead atoms. The van der Waals surface area contributed by atoms with Crippen LogP contribution in [0.2, 0.25) is 0 Å². The van der Waals surface area contributed by atoms with Gasteiger partial charge < -0.3 is 19.3 Å². The number of ether oxygens (including phenoxy) is 1. The molecule has 2 heterocycles. The fraction of sp³-hybridized carbons (Fsp3) is 0.391. The van der Waals surface area contributed by atoms with E-state index in [4.69, 9.17) is 4.74 Å². The molecule has 0 saturated carbocycles. The lowest BCUT2D eigenvalue weighted by molar-refractivity contribution is -0.138. The summed E-state index contributed by atoms with van der Waals surface area (Å²) in [5, 5.41) is 9.75. The molecule has 0 aliphatic carbocycles. The van der Waals surface area contributed by atoms with Crippen molar-refractivity contribution in [2.75, 3.05) is 31.2 Å². The van der Waals surface area contributed by atoms with Crippen LogP contribution in [0.1, 0.15) is 40.3 Å². The smallest absolute Gasteiger partial charge is 0.416 e. The number of aromatic carboxylic acids is 1. The molecular formula is C23H26F3N3O3. The van der Waals surface area contributed by atoms with Crippen LogP contribution in [0.3, 0.4) is 0 Å². The van der Waals surface area contributed by atoms with Gasteiger partial charge in [-0.25, -0.2) is 9.78 Å². The SMILES string of the molecule is C.Cc1c(Cn2c(C)nc3c(C(=O)O)cc(N4CCOCC4)cc32)cccc1C(F)(F)F. The van der Waals surface area contributed by atoms with Crippen molar-refractivity contribution in [3.63, 3.8) is 0 Å². The van der Waals surface area contributed by atoms with Gasteiger partial charge in [0, 0.05) is 25.3 Å². The molecule has 0 amide bonds. The van der Waals surface area contributed by atoms with Gasteiger partial charge in [-0.15, -0.1) is 0 Å². The second-order valence-electron chi connectivity index (χ2n) is 7.60. The molecule has 3 aromatic rings. The van der Waals surface area contributed by atoms with E-state index >= 15 is 0 Å². The molecule has 0 atom stereocenters. The van der Waals surface area contributed by atoms with Crippen molar-refractivity contribution in [2.45, 2.75) is 34.0 Å². The van der Waals surface area contributed by atoms with E-state index in [-0.39, 0.29) is 25.1 Å². The van der Waals surface area contributed by atoms with Crippen molar-refractivity contribution in [2.24, 2.45) is 0 Å². The van der Waals surface area contributed by atoms with Gasteiger partial charge in [0.1, 0.15) is 11.3 Å². The van der Waals surface area contributed by atoms with E-state index in [1.54, 1.807) is 23.6 Å². The molecule has 1 aliphatic rings. The van der Waals surface area contributed by atoms with E-state index < -0.39 is 17.7 Å². The molecule has 2 aromatic carbocycles. The lowest BCUT2D eigenvalue weighted by Crippen LogP contribution is -2.36. The number of imidazole rings is 1. The highest BCUT2D eigenvalue weighted by Gasteiger charge is 2.33. The summed E-state index contributed by atoms with van der Waals surface area (Å²) in [7, 11) is 0. The van der Waals surface area contributed by atoms with E-state index in [0.29, 0.717) is 48.7 Å². The van der Waals surface area contributed by atoms with Gasteiger partial charge in [0.05, 0.1) is 29.9 Å². The predicted octanol–water partition coefficient (Wildman–Crippen LogP) is 4.89. The number of nitrogens with zero attached hydrogens (tertiary/aromatic N) is 3. The van der Waals surface area contributed by atoms with Crippen LogP contribution in [0.4, 0.5) is 18.9 Å². The summed E-state index contributed by atoms with van der Waals surface area (Å²) in [6, 6.07) is 7.57.